The molecular weight excluding hydrogens is 97.0 g/mol. The van der Waals surface area contributed by atoms with Gasteiger partial charge >= 0.3 is 0 Å². The second kappa shape index (κ2) is 1.48. The van der Waals surface area contributed by atoms with E-state index in [9.17, 15) is 4.79 Å². The average molecular weight is 101 g/mol. The van der Waals surface area contributed by atoms with Crippen molar-refractivity contribution in [1.29, 1.82) is 0 Å². The number of carbonyl (C=O) groups excluding carboxylic acids is 1. The predicted octanol–water partition coefficient (Wildman–Crippen LogP) is 1.05. The summed E-state index contributed by atoms with van der Waals surface area (Å²) in [5, 5.41) is 0. The molecule has 1 rings (SSSR count). The van der Waals surface area contributed by atoms with Crippen LogP contribution in [0.2, 0.25) is 0 Å². The van der Waals surface area contributed by atoms with Gasteiger partial charge in [0.1, 0.15) is 0 Å². The Morgan fingerprint density at radius 3 is 2.83 bits per heavy atom. The molecule has 0 saturated heterocycles. The summed E-state index contributed by atoms with van der Waals surface area (Å²) in [5.74, 6) is 0. The number of nitrogens with zero attached hydrogens (tertiary/aromatic N) is 1. The lowest BCUT2D eigenvalue weighted by Gasteiger charge is -1.67. The molecule has 0 bridgehead atoms. The van der Waals surface area contributed by atoms with E-state index in [2.05, 4.69) is 4.74 Å². The largest absolute Gasteiger partial charge is 0.288 e. The van der Waals surface area contributed by atoms with Crippen LogP contribution in [0.4, 0.5) is 0 Å². The van der Waals surface area contributed by atoms with E-state index in [0.29, 0.717) is 14.8 Å². The summed E-state index contributed by atoms with van der Waals surface area (Å²) < 4.78 is 3.79. The highest BCUT2D eigenvalue weighted by Crippen LogP contribution is 2.12. The normalized spacial score (nSPS) is 22.3. The molecule has 0 fully saturated rings. The van der Waals surface area contributed by atoms with Gasteiger partial charge in [-0.3, -0.25) is 9.54 Å². The minimum absolute atomic E-state index is 0.259. The van der Waals surface area contributed by atoms with Crippen LogP contribution in [-0.4, -0.2) is 12.1 Å². The quantitative estimate of drug-likeness (QED) is 0.419. The second-order valence-corrected chi connectivity index (χ2v) is 2.09. The summed E-state index contributed by atoms with van der Waals surface area (Å²) in [5.41, 5.74) is 0.259. The zero-order valence-corrected chi connectivity index (χ0v) is 4.11. The van der Waals surface area contributed by atoms with E-state index in [4.69, 9.17) is 0 Å². The second-order valence-electron chi connectivity index (χ2n) is 1.11. The minimum atomic E-state index is 0.259. The fraction of sp³-hybridized carbons (Fsp3) is 0.667. The molecule has 0 radical (unpaired) electrons. The highest BCUT2D eigenvalue weighted by molar-refractivity contribution is 7.48. The summed E-state index contributed by atoms with van der Waals surface area (Å²) >= 11 is 0. The van der Waals surface area contributed by atoms with E-state index in [0.717, 1.165) is 6.54 Å². The molecule has 0 aromatic carbocycles. The summed E-state index contributed by atoms with van der Waals surface area (Å²) in [4.78, 5) is 10.1. The van der Waals surface area contributed by atoms with Gasteiger partial charge in [-0.15, -0.1) is 0 Å². The zero-order chi connectivity index (χ0) is 4.41. The van der Waals surface area contributed by atoms with Gasteiger partial charge in [-0.1, -0.05) is 0 Å². The monoisotopic (exact) mass is 101 g/mol. The Labute approximate surface area is 37.4 Å². The van der Waals surface area contributed by atoms with Gasteiger partial charge in [0.25, 0.3) is 0 Å². The van der Waals surface area contributed by atoms with Gasteiger partial charge < -0.3 is 0 Å². The van der Waals surface area contributed by atoms with Crippen LogP contribution in [-0.2, 0) is 4.79 Å². The molecule has 0 aliphatic carbocycles. The number of carbonyl (C=O) groups is 1. The molecule has 0 spiro atoms. The molecule has 0 amide bonds. The van der Waals surface area contributed by atoms with Crippen molar-refractivity contribution in [3.8, 4) is 0 Å². The molecule has 0 aromatic heterocycles. The zero-order valence-electron chi connectivity index (χ0n) is 3.22. The summed E-state index contributed by atoms with van der Waals surface area (Å²) in [6.07, 6.45) is 0.668. The predicted molar refractivity (Wildman–Crippen MR) is 23.8 cm³/mol. The minimum Gasteiger partial charge on any atom is -0.288 e. The SMILES string of the molecule is O=C1CCN=P1. The van der Waals surface area contributed by atoms with Crippen molar-refractivity contribution >= 4 is 13.9 Å². The van der Waals surface area contributed by atoms with Crippen LogP contribution in [0.3, 0.4) is 0 Å². The molecular formula is C3H4NOP. The van der Waals surface area contributed by atoms with E-state index >= 15 is 0 Å². The molecule has 2 nitrogen and oxygen atoms in total. The fourth-order valence-corrected chi connectivity index (χ4v) is 0.882. The van der Waals surface area contributed by atoms with Gasteiger partial charge in [-0.05, 0) is 0 Å². The Morgan fingerprint density at radius 1 is 1.83 bits per heavy atom. The average Bonchev–Trinajstić information content (AvgIpc) is 1.86. The van der Waals surface area contributed by atoms with Crippen molar-refractivity contribution in [2.75, 3.05) is 6.54 Å². The van der Waals surface area contributed by atoms with Gasteiger partial charge in [-0.25, -0.2) is 0 Å². The Kier molecular flexibility index (Phi) is 0.972. The lowest BCUT2D eigenvalue weighted by molar-refractivity contribution is -0.110. The van der Waals surface area contributed by atoms with Gasteiger partial charge in [0, 0.05) is 6.42 Å². The van der Waals surface area contributed by atoms with E-state index in [1.165, 1.54) is 0 Å². The molecule has 6 heavy (non-hydrogen) atoms. The van der Waals surface area contributed by atoms with Gasteiger partial charge in [0.15, 0.2) is 0 Å². The lowest BCUT2D eigenvalue weighted by atomic mass is 10.5. The number of rotatable bonds is 0. The van der Waals surface area contributed by atoms with E-state index in [-0.39, 0.29) is 5.52 Å². The lowest BCUT2D eigenvalue weighted by Crippen LogP contribution is -1.79. The molecule has 1 aliphatic rings. The maximum Gasteiger partial charge on any atom is 0.202 e. The number of hydrogen-bond donors (Lipinski definition) is 0. The van der Waals surface area contributed by atoms with Crippen molar-refractivity contribution in [2.24, 2.45) is 4.74 Å². The molecule has 0 aromatic rings. The smallest absolute Gasteiger partial charge is 0.202 e. The van der Waals surface area contributed by atoms with Crippen LogP contribution in [0.1, 0.15) is 6.42 Å². The third kappa shape index (κ3) is 0.631. The Morgan fingerprint density at radius 2 is 2.67 bits per heavy atom. The molecule has 1 heterocycles. The summed E-state index contributed by atoms with van der Waals surface area (Å²) in [6.45, 7) is 0.750. The van der Waals surface area contributed by atoms with Crippen LogP contribution in [0.25, 0.3) is 0 Å². The highest BCUT2D eigenvalue weighted by Gasteiger charge is 2.01. The maximum atomic E-state index is 10.1. The van der Waals surface area contributed by atoms with E-state index in [1.54, 1.807) is 0 Å². The maximum absolute atomic E-state index is 10.1. The van der Waals surface area contributed by atoms with Crippen molar-refractivity contribution < 1.29 is 4.79 Å². The van der Waals surface area contributed by atoms with Crippen molar-refractivity contribution in [1.82, 2.24) is 0 Å². The standard InChI is InChI=1S/C3H4NOP/c5-3-1-2-4-6-3/h1-2H2. The first-order chi connectivity index (χ1) is 2.89. The van der Waals surface area contributed by atoms with Crippen LogP contribution in [0.5, 0.6) is 0 Å². The first kappa shape index (κ1) is 3.94. The third-order valence-electron chi connectivity index (χ3n) is 0.608. The summed E-state index contributed by atoms with van der Waals surface area (Å²) in [7, 11) is 0.676. The van der Waals surface area contributed by atoms with Crippen LogP contribution in [0, 0.1) is 0 Å². The molecule has 0 N–H and O–H groups in total. The van der Waals surface area contributed by atoms with Gasteiger partial charge in [-0.2, -0.15) is 0 Å². The fourth-order valence-electron chi connectivity index (χ4n) is 0.325. The Balaban J connectivity index is 2.59. The number of hydrogen-bond acceptors (Lipinski definition) is 2. The van der Waals surface area contributed by atoms with Crippen molar-refractivity contribution in [3.05, 3.63) is 0 Å². The van der Waals surface area contributed by atoms with Gasteiger partial charge in [0.2, 0.25) is 5.52 Å². The molecule has 0 unspecified atom stereocenters. The van der Waals surface area contributed by atoms with Gasteiger partial charge in [0.05, 0.1) is 14.9 Å². The van der Waals surface area contributed by atoms with E-state index in [1.807, 2.05) is 0 Å². The third-order valence-corrected chi connectivity index (χ3v) is 1.40. The summed E-state index contributed by atoms with van der Waals surface area (Å²) in [6, 6.07) is 0. The van der Waals surface area contributed by atoms with E-state index < -0.39 is 0 Å². The Hall–Kier alpha value is -0.230. The molecule has 1 aliphatic heterocycles. The van der Waals surface area contributed by atoms with Crippen LogP contribution >= 0.6 is 8.37 Å². The van der Waals surface area contributed by atoms with Crippen molar-refractivity contribution in [3.63, 3.8) is 0 Å². The molecule has 0 saturated carbocycles. The van der Waals surface area contributed by atoms with Crippen LogP contribution < -0.4 is 0 Å². The molecule has 0 atom stereocenters. The highest BCUT2D eigenvalue weighted by atomic mass is 31.1. The Bertz CT molecular complexity index is 99.0. The van der Waals surface area contributed by atoms with Crippen LogP contribution in [0.15, 0.2) is 4.74 Å². The topological polar surface area (TPSA) is 29.4 Å². The first-order valence-corrected chi connectivity index (χ1v) is 2.64. The first-order valence-electron chi connectivity index (χ1n) is 1.80. The molecule has 32 valence electrons. The van der Waals surface area contributed by atoms with Crippen molar-refractivity contribution in [2.45, 2.75) is 6.42 Å². The molecule has 3 heteroatoms.